The molecule has 0 bridgehead atoms. The topological polar surface area (TPSA) is 71.5 Å². The van der Waals surface area contributed by atoms with Crippen molar-refractivity contribution in [2.75, 3.05) is 19.0 Å². The molecule has 0 atom stereocenters. The molecule has 0 radical (unpaired) electrons. The van der Waals surface area contributed by atoms with Gasteiger partial charge in [0.2, 0.25) is 0 Å². The Balaban J connectivity index is 1.77. The fourth-order valence-corrected chi connectivity index (χ4v) is 3.89. The first-order valence-corrected chi connectivity index (χ1v) is 8.63. The Bertz CT molecular complexity index is 809. The van der Waals surface area contributed by atoms with E-state index in [1.54, 1.807) is 23.1 Å². The fourth-order valence-electron chi connectivity index (χ4n) is 2.39. The maximum absolute atomic E-state index is 12.7. The average Bonchev–Trinajstić information content (AvgIpc) is 2.95. The Morgan fingerprint density at radius 1 is 1.38 bits per heavy atom. The number of carbonyl (C=O) groups is 2. The van der Waals surface area contributed by atoms with Crippen LogP contribution in [0.2, 0.25) is 10.0 Å². The zero-order valence-electron chi connectivity index (χ0n) is 12.6. The molecule has 24 heavy (non-hydrogen) atoms. The third kappa shape index (κ3) is 3.48. The van der Waals surface area contributed by atoms with Crippen LogP contribution in [0.5, 0.6) is 0 Å². The molecule has 1 aliphatic rings. The van der Waals surface area contributed by atoms with Gasteiger partial charge in [0.05, 0.1) is 29.9 Å². The number of halogens is 2. The van der Waals surface area contributed by atoms with E-state index in [2.05, 4.69) is 15.0 Å². The van der Waals surface area contributed by atoms with Crippen molar-refractivity contribution in [2.45, 2.75) is 13.0 Å². The molecule has 1 N–H and O–H groups in total. The average molecular weight is 386 g/mol. The Morgan fingerprint density at radius 3 is 2.88 bits per heavy atom. The molecular weight excluding hydrogens is 373 g/mol. The summed E-state index contributed by atoms with van der Waals surface area (Å²) < 4.78 is 4.55. The summed E-state index contributed by atoms with van der Waals surface area (Å²) in [4.78, 5) is 30.9. The SMILES string of the molecule is COC(=O)Nc1nc2c(s1)CN(C(=O)c1ccc(Cl)cc1Cl)CC2. The number of anilines is 1. The van der Waals surface area contributed by atoms with Crippen LogP contribution < -0.4 is 5.32 Å². The van der Waals surface area contributed by atoms with E-state index in [0.717, 1.165) is 10.6 Å². The smallest absolute Gasteiger partial charge is 0.413 e. The number of amides is 2. The molecule has 2 aromatic rings. The highest BCUT2D eigenvalue weighted by Gasteiger charge is 2.26. The first-order chi connectivity index (χ1) is 11.5. The number of fused-ring (bicyclic) bond motifs is 1. The van der Waals surface area contributed by atoms with Crippen LogP contribution in [-0.4, -0.2) is 35.5 Å². The largest absolute Gasteiger partial charge is 0.453 e. The summed E-state index contributed by atoms with van der Waals surface area (Å²) >= 11 is 13.3. The zero-order chi connectivity index (χ0) is 17.3. The lowest BCUT2D eigenvalue weighted by atomic mass is 10.1. The molecule has 0 saturated carbocycles. The predicted octanol–water partition coefficient (Wildman–Crippen LogP) is 3.83. The lowest BCUT2D eigenvalue weighted by Crippen LogP contribution is -2.35. The minimum atomic E-state index is -0.568. The first kappa shape index (κ1) is 17.0. The van der Waals surface area contributed by atoms with Gasteiger partial charge in [-0.05, 0) is 18.2 Å². The summed E-state index contributed by atoms with van der Waals surface area (Å²) in [6.45, 7) is 0.958. The monoisotopic (exact) mass is 385 g/mol. The van der Waals surface area contributed by atoms with Gasteiger partial charge in [-0.1, -0.05) is 34.5 Å². The predicted molar refractivity (Wildman–Crippen MR) is 93.0 cm³/mol. The first-order valence-electron chi connectivity index (χ1n) is 7.06. The van der Waals surface area contributed by atoms with Crippen molar-refractivity contribution in [3.05, 3.63) is 44.4 Å². The van der Waals surface area contributed by atoms with Gasteiger partial charge in [-0.3, -0.25) is 10.1 Å². The minimum Gasteiger partial charge on any atom is -0.453 e. The van der Waals surface area contributed by atoms with Gasteiger partial charge in [0.15, 0.2) is 5.13 Å². The number of methoxy groups -OCH3 is 1. The molecule has 0 unspecified atom stereocenters. The van der Waals surface area contributed by atoms with Crippen molar-refractivity contribution in [3.63, 3.8) is 0 Å². The van der Waals surface area contributed by atoms with Gasteiger partial charge in [-0.15, -0.1) is 0 Å². The minimum absolute atomic E-state index is 0.154. The number of thiazole rings is 1. The molecule has 9 heteroatoms. The van der Waals surface area contributed by atoms with Gasteiger partial charge in [-0.2, -0.15) is 0 Å². The van der Waals surface area contributed by atoms with Crippen molar-refractivity contribution in [2.24, 2.45) is 0 Å². The van der Waals surface area contributed by atoms with Gasteiger partial charge in [0.1, 0.15) is 0 Å². The van der Waals surface area contributed by atoms with Crippen LogP contribution in [0.15, 0.2) is 18.2 Å². The molecule has 0 aliphatic carbocycles. The number of hydrogen-bond acceptors (Lipinski definition) is 5. The molecule has 3 rings (SSSR count). The number of nitrogens with zero attached hydrogens (tertiary/aromatic N) is 2. The number of benzene rings is 1. The van der Waals surface area contributed by atoms with Gasteiger partial charge in [0, 0.05) is 22.9 Å². The third-order valence-electron chi connectivity index (χ3n) is 3.57. The second-order valence-corrected chi connectivity index (χ2v) is 7.03. The van der Waals surface area contributed by atoms with Gasteiger partial charge < -0.3 is 9.64 Å². The normalized spacial score (nSPS) is 13.4. The molecular formula is C15H13Cl2N3O3S. The van der Waals surface area contributed by atoms with Crippen LogP contribution in [0.3, 0.4) is 0 Å². The van der Waals surface area contributed by atoms with E-state index in [0.29, 0.717) is 40.3 Å². The standard InChI is InChI=1S/C15H13Cl2N3O3S/c1-23-15(22)19-14-18-11-4-5-20(7-12(11)24-14)13(21)9-3-2-8(16)6-10(9)17/h2-3,6H,4-5,7H2,1H3,(H,18,19,22). The number of nitrogens with one attached hydrogen (secondary N) is 1. The molecule has 126 valence electrons. The van der Waals surface area contributed by atoms with Crippen LogP contribution in [0.4, 0.5) is 9.93 Å². The Kier molecular flexibility index (Phi) is 4.93. The maximum atomic E-state index is 12.7. The zero-order valence-corrected chi connectivity index (χ0v) is 15.0. The van der Waals surface area contributed by atoms with E-state index in [4.69, 9.17) is 23.2 Å². The molecule has 1 aromatic carbocycles. The van der Waals surface area contributed by atoms with Crippen LogP contribution in [0.1, 0.15) is 20.9 Å². The summed E-state index contributed by atoms with van der Waals surface area (Å²) in [5.74, 6) is -0.154. The lowest BCUT2D eigenvalue weighted by molar-refractivity contribution is 0.0736. The van der Waals surface area contributed by atoms with Crippen molar-refractivity contribution >= 4 is 51.7 Å². The number of hydrogen-bond donors (Lipinski definition) is 1. The fraction of sp³-hybridized carbons (Fsp3) is 0.267. The number of ether oxygens (including phenoxy) is 1. The van der Waals surface area contributed by atoms with Crippen LogP contribution >= 0.6 is 34.5 Å². The molecule has 2 amide bonds. The molecule has 6 nitrogen and oxygen atoms in total. The number of aromatic nitrogens is 1. The Hall–Kier alpha value is -1.83. The number of rotatable bonds is 2. The van der Waals surface area contributed by atoms with E-state index >= 15 is 0 Å². The third-order valence-corrected chi connectivity index (χ3v) is 5.12. The molecule has 1 aromatic heterocycles. The van der Waals surface area contributed by atoms with Crippen LogP contribution in [0.25, 0.3) is 0 Å². The quantitative estimate of drug-likeness (QED) is 0.852. The molecule has 0 spiro atoms. The highest BCUT2D eigenvalue weighted by Crippen LogP contribution is 2.30. The van der Waals surface area contributed by atoms with Crippen molar-refractivity contribution in [3.8, 4) is 0 Å². The van der Waals surface area contributed by atoms with Gasteiger partial charge in [-0.25, -0.2) is 9.78 Å². The molecule has 1 aliphatic heterocycles. The van der Waals surface area contributed by atoms with E-state index in [1.165, 1.54) is 18.4 Å². The van der Waals surface area contributed by atoms with E-state index in [-0.39, 0.29) is 5.91 Å². The van der Waals surface area contributed by atoms with E-state index < -0.39 is 6.09 Å². The van der Waals surface area contributed by atoms with Crippen molar-refractivity contribution in [1.29, 1.82) is 0 Å². The Labute approximate surface area is 152 Å². The molecule has 2 heterocycles. The maximum Gasteiger partial charge on any atom is 0.413 e. The molecule has 0 saturated heterocycles. The summed E-state index contributed by atoms with van der Waals surface area (Å²) in [5.41, 5.74) is 1.31. The summed E-state index contributed by atoms with van der Waals surface area (Å²) in [6.07, 6.45) is 0.0491. The number of carbonyl (C=O) groups excluding carboxylic acids is 2. The highest BCUT2D eigenvalue weighted by molar-refractivity contribution is 7.15. The van der Waals surface area contributed by atoms with Crippen LogP contribution in [-0.2, 0) is 17.7 Å². The second-order valence-electron chi connectivity index (χ2n) is 5.11. The van der Waals surface area contributed by atoms with Gasteiger partial charge in [0.25, 0.3) is 5.91 Å². The lowest BCUT2D eigenvalue weighted by Gasteiger charge is -2.26. The van der Waals surface area contributed by atoms with Crippen LogP contribution in [0, 0.1) is 0 Å². The summed E-state index contributed by atoms with van der Waals surface area (Å²) in [5, 5.41) is 3.82. The van der Waals surface area contributed by atoms with Crippen molar-refractivity contribution in [1.82, 2.24) is 9.88 Å². The summed E-state index contributed by atoms with van der Waals surface area (Å²) in [6, 6.07) is 4.82. The van der Waals surface area contributed by atoms with E-state index in [1.807, 2.05) is 0 Å². The summed E-state index contributed by atoms with van der Waals surface area (Å²) in [7, 11) is 1.29. The molecule has 0 fully saturated rings. The van der Waals surface area contributed by atoms with Crippen molar-refractivity contribution < 1.29 is 14.3 Å². The van der Waals surface area contributed by atoms with Gasteiger partial charge >= 0.3 is 6.09 Å². The van der Waals surface area contributed by atoms with E-state index in [9.17, 15) is 9.59 Å². The highest BCUT2D eigenvalue weighted by atomic mass is 35.5. The second kappa shape index (κ2) is 6.96. The Morgan fingerprint density at radius 2 is 2.17 bits per heavy atom.